The molecule has 12 nitrogen and oxygen atoms in total. The lowest BCUT2D eigenvalue weighted by Gasteiger charge is -2.46. The van der Waals surface area contributed by atoms with E-state index in [1.165, 1.54) is 0 Å². The smallest absolute Gasteiger partial charge is 0.232 e. The van der Waals surface area contributed by atoms with Crippen LogP contribution < -0.4 is 15.5 Å². The number of hydrogen-bond acceptors (Lipinski definition) is 12. The molecule has 0 radical (unpaired) electrons. The molecule has 0 bridgehead atoms. The molecule has 288 valence electrons. The van der Waals surface area contributed by atoms with Crippen molar-refractivity contribution in [3.05, 3.63) is 60.2 Å². The summed E-state index contributed by atoms with van der Waals surface area (Å²) in [5.74, 6) is -0.00512. The summed E-state index contributed by atoms with van der Waals surface area (Å²) in [6, 6.07) is 11.0. The van der Waals surface area contributed by atoms with Crippen LogP contribution >= 0.6 is 0 Å². The molecule has 0 aliphatic heterocycles. The van der Waals surface area contributed by atoms with Gasteiger partial charge in [0.25, 0.3) is 0 Å². The highest BCUT2D eigenvalue weighted by Crippen LogP contribution is 2.48. The van der Waals surface area contributed by atoms with Gasteiger partial charge in [0.1, 0.15) is 23.1 Å². The van der Waals surface area contributed by atoms with Gasteiger partial charge < -0.3 is 15.5 Å². The molecule has 0 spiro atoms. The van der Waals surface area contributed by atoms with Gasteiger partial charge in [0.05, 0.1) is 24.5 Å². The quantitative estimate of drug-likeness (QED) is 0.257. The summed E-state index contributed by atoms with van der Waals surface area (Å²) in [5, 5.41) is 7.16. The zero-order valence-corrected chi connectivity index (χ0v) is 31.5. The minimum atomic E-state index is -0.413. The van der Waals surface area contributed by atoms with Crippen molar-refractivity contribution in [2.75, 3.05) is 15.5 Å². The molecule has 6 fully saturated rings. The second-order valence-electron chi connectivity index (χ2n) is 17.0. The van der Waals surface area contributed by atoms with Crippen LogP contribution in [0.15, 0.2) is 48.8 Å². The summed E-state index contributed by atoms with van der Waals surface area (Å²) in [5.41, 5.74) is 1.66. The monoisotopic (exact) mass is 744 g/mol. The van der Waals surface area contributed by atoms with Crippen LogP contribution in [0.3, 0.4) is 0 Å². The number of Topliss-reactive ketones (excluding diaryl/α,β-unsaturated/α-hetero) is 4. The van der Waals surface area contributed by atoms with E-state index in [0.29, 0.717) is 30.9 Å². The van der Waals surface area contributed by atoms with Crippen LogP contribution in [0.2, 0.25) is 0 Å². The highest BCUT2D eigenvalue weighted by molar-refractivity contribution is 6.01. The highest BCUT2D eigenvalue weighted by atomic mass is 16.2. The second-order valence-corrected chi connectivity index (χ2v) is 17.0. The van der Waals surface area contributed by atoms with Crippen molar-refractivity contribution in [2.24, 2.45) is 47.3 Å². The summed E-state index contributed by atoms with van der Waals surface area (Å²) in [6.45, 7) is 0.795. The van der Waals surface area contributed by atoms with E-state index in [2.05, 4.69) is 20.6 Å². The Morgan fingerprint density at radius 3 is 1.33 bits per heavy atom. The van der Waals surface area contributed by atoms with Crippen molar-refractivity contribution >= 4 is 41.0 Å². The second kappa shape index (κ2) is 15.5. The van der Waals surface area contributed by atoms with Gasteiger partial charge in [0.2, 0.25) is 17.8 Å². The summed E-state index contributed by atoms with van der Waals surface area (Å²) in [7, 11) is 0. The maximum absolute atomic E-state index is 14.2. The lowest BCUT2D eigenvalue weighted by Crippen LogP contribution is -2.56. The molecule has 3 aromatic heterocycles. The third-order valence-electron chi connectivity index (χ3n) is 13.9. The Kier molecular flexibility index (Phi) is 10.2. The van der Waals surface area contributed by atoms with E-state index in [1.807, 2.05) is 41.3 Å². The van der Waals surface area contributed by atoms with Gasteiger partial charge in [0.15, 0.2) is 0 Å². The molecule has 6 saturated carbocycles. The number of rotatable bonds is 9. The maximum Gasteiger partial charge on any atom is 0.232 e. The predicted molar refractivity (Wildman–Crippen MR) is 206 cm³/mol. The van der Waals surface area contributed by atoms with Crippen molar-refractivity contribution < 1.29 is 19.2 Å². The van der Waals surface area contributed by atoms with E-state index in [1.54, 1.807) is 12.4 Å². The molecule has 0 amide bonds. The Hall–Kier alpha value is -4.61. The Labute approximate surface area is 322 Å². The average Bonchev–Trinajstić information content (AvgIpc) is 3.22. The van der Waals surface area contributed by atoms with E-state index in [9.17, 15) is 19.2 Å². The third-order valence-corrected chi connectivity index (χ3v) is 13.9. The van der Waals surface area contributed by atoms with Crippen LogP contribution in [-0.4, -0.2) is 60.1 Å². The number of pyridine rings is 2. The van der Waals surface area contributed by atoms with Crippen molar-refractivity contribution in [1.82, 2.24) is 24.9 Å². The molecule has 10 atom stereocenters. The first-order valence-corrected chi connectivity index (χ1v) is 20.9. The highest BCUT2D eigenvalue weighted by Gasteiger charge is 2.55. The normalized spacial score (nSPS) is 33.1. The molecular weight excluding hydrogens is 693 g/mol. The van der Waals surface area contributed by atoms with Gasteiger partial charge in [-0.3, -0.25) is 29.1 Å². The molecule has 0 aromatic carbocycles. The number of aromatic nitrogens is 5. The topological polar surface area (TPSA) is 160 Å². The lowest BCUT2D eigenvalue weighted by atomic mass is 9.57. The average molecular weight is 745 g/mol. The third kappa shape index (κ3) is 7.05. The molecule has 3 aromatic rings. The van der Waals surface area contributed by atoms with E-state index < -0.39 is 11.8 Å². The number of fused-ring (bicyclic) bond motifs is 4. The van der Waals surface area contributed by atoms with E-state index >= 15 is 0 Å². The van der Waals surface area contributed by atoms with Gasteiger partial charge in [-0.25, -0.2) is 0 Å². The summed E-state index contributed by atoms with van der Waals surface area (Å²) in [6.07, 6.45) is 15.4. The van der Waals surface area contributed by atoms with E-state index in [0.717, 1.165) is 101 Å². The van der Waals surface area contributed by atoms with Gasteiger partial charge in [0, 0.05) is 71.8 Å². The number of nitrogens with zero attached hydrogens (tertiary/aromatic N) is 6. The van der Waals surface area contributed by atoms with Crippen LogP contribution in [0.25, 0.3) is 0 Å². The summed E-state index contributed by atoms with van der Waals surface area (Å²) in [4.78, 5) is 82.3. The summed E-state index contributed by atoms with van der Waals surface area (Å²) >= 11 is 0. The number of carbonyl (C=O) groups excluding carboxylic acids is 4. The molecule has 6 aliphatic rings. The minimum absolute atomic E-state index is 0.134. The molecule has 9 rings (SSSR count). The first-order chi connectivity index (χ1) is 26.9. The Bertz CT molecular complexity index is 1780. The zero-order chi connectivity index (χ0) is 37.5. The standard InChI is InChI=1S/C43H52N8O4/c52-37-27-13-1-3-15-29(27)39(54)35-31(37)17-9-19-33(35)46-41-48-42(47-34-20-10-18-32-36(34)40(55)30-16-4-2-14-28(30)38(32)53)50-43(49-41)51(23-25-11-5-7-21-44-25)24-26-12-6-8-22-45-26/h5-8,11-12,21-22,27-36H,1-4,9-10,13-20,23-24H2,(H2,46,47,48,49,50). The van der Waals surface area contributed by atoms with Gasteiger partial charge >= 0.3 is 0 Å². The Morgan fingerprint density at radius 2 is 0.909 bits per heavy atom. The molecular formula is C43H52N8O4. The SMILES string of the molecule is O=C1C2CCCCC2C(=O)C2C(Nc3nc(NC4CCCC5C(=O)C6CCCCC6C(=O)C45)nc(N(Cc4ccccn4)Cc4ccccn4)n3)CCCC12. The largest absolute Gasteiger partial charge is 0.351 e. The molecule has 12 heteroatoms. The molecule has 55 heavy (non-hydrogen) atoms. The number of ketones is 4. The van der Waals surface area contributed by atoms with Crippen LogP contribution in [0, 0.1) is 47.3 Å². The van der Waals surface area contributed by atoms with Crippen LogP contribution in [0.1, 0.15) is 101 Å². The molecule has 6 aliphatic carbocycles. The van der Waals surface area contributed by atoms with Gasteiger partial charge in [-0.05, 0) is 75.6 Å². The zero-order valence-electron chi connectivity index (χ0n) is 31.5. The van der Waals surface area contributed by atoms with Gasteiger partial charge in [-0.1, -0.05) is 50.7 Å². The number of hydrogen-bond donors (Lipinski definition) is 2. The fourth-order valence-electron chi connectivity index (χ4n) is 11.4. The fraction of sp³-hybridized carbons (Fsp3) is 0.605. The van der Waals surface area contributed by atoms with Crippen molar-refractivity contribution in [1.29, 1.82) is 0 Å². The van der Waals surface area contributed by atoms with Gasteiger partial charge in [-0.2, -0.15) is 15.0 Å². The van der Waals surface area contributed by atoms with Crippen LogP contribution in [0.5, 0.6) is 0 Å². The van der Waals surface area contributed by atoms with E-state index in [4.69, 9.17) is 15.0 Å². The number of carbonyl (C=O) groups is 4. The maximum atomic E-state index is 14.2. The van der Waals surface area contributed by atoms with Gasteiger partial charge in [-0.15, -0.1) is 0 Å². The molecule has 2 N–H and O–H groups in total. The Balaban J connectivity index is 1.07. The van der Waals surface area contributed by atoms with Crippen molar-refractivity contribution in [3.8, 4) is 0 Å². The lowest BCUT2D eigenvalue weighted by molar-refractivity contribution is -0.151. The van der Waals surface area contributed by atoms with Crippen LogP contribution in [-0.2, 0) is 32.3 Å². The minimum Gasteiger partial charge on any atom is -0.351 e. The fourth-order valence-corrected chi connectivity index (χ4v) is 11.4. The predicted octanol–water partition coefficient (Wildman–Crippen LogP) is 6.18. The number of nitrogens with one attached hydrogen (secondary N) is 2. The first kappa shape index (κ1) is 36.1. The van der Waals surface area contributed by atoms with Crippen molar-refractivity contribution in [3.63, 3.8) is 0 Å². The molecule has 10 unspecified atom stereocenters. The van der Waals surface area contributed by atoms with E-state index in [-0.39, 0.29) is 70.7 Å². The summed E-state index contributed by atoms with van der Waals surface area (Å²) < 4.78 is 0. The van der Waals surface area contributed by atoms with Crippen LogP contribution in [0.4, 0.5) is 17.8 Å². The molecule has 0 saturated heterocycles. The first-order valence-electron chi connectivity index (χ1n) is 20.9. The number of anilines is 3. The Morgan fingerprint density at radius 1 is 0.491 bits per heavy atom. The van der Waals surface area contributed by atoms with Crippen molar-refractivity contribution in [2.45, 2.75) is 115 Å². The molecule has 3 heterocycles.